The van der Waals surface area contributed by atoms with Crippen molar-refractivity contribution >= 4 is 34.1 Å². The highest BCUT2D eigenvalue weighted by Crippen LogP contribution is 2.33. The Morgan fingerprint density at radius 2 is 2.00 bits per heavy atom. The summed E-state index contributed by atoms with van der Waals surface area (Å²) in [5.41, 5.74) is 5.82. The molecule has 0 spiro atoms. The summed E-state index contributed by atoms with van der Waals surface area (Å²) in [4.78, 5) is 34.3. The van der Waals surface area contributed by atoms with Crippen LogP contribution in [0.15, 0.2) is 0 Å². The van der Waals surface area contributed by atoms with Crippen molar-refractivity contribution in [1.82, 2.24) is 0 Å². The second kappa shape index (κ2) is 5.63. The van der Waals surface area contributed by atoms with Gasteiger partial charge in [-0.2, -0.15) is 0 Å². The summed E-state index contributed by atoms with van der Waals surface area (Å²) in [6, 6.07) is 0. The van der Waals surface area contributed by atoms with Crippen molar-refractivity contribution in [2.45, 2.75) is 20.8 Å². The van der Waals surface area contributed by atoms with Gasteiger partial charge in [-0.3, -0.25) is 9.59 Å². The molecule has 0 aliphatic heterocycles. The third-order valence-corrected chi connectivity index (χ3v) is 3.33. The zero-order valence-electron chi connectivity index (χ0n) is 10.3. The van der Waals surface area contributed by atoms with Gasteiger partial charge < -0.3 is 15.8 Å². The van der Waals surface area contributed by atoms with Crippen molar-refractivity contribution in [3.8, 4) is 0 Å². The molecule has 0 saturated heterocycles. The lowest BCUT2D eigenvalue weighted by Gasteiger charge is -2.01. The number of amides is 2. The molecule has 1 rings (SSSR count). The van der Waals surface area contributed by atoms with Gasteiger partial charge in [0.2, 0.25) is 5.91 Å². The van der Waals surface area contributed by atoms with E-state index in [1.165, 1.54) is 6.92 Å². The van der Waals surface area contributed by atoms with E-state index in [1.54, 1.807) is 13.8 Å². The van der Waals surface area contributed by atoms with Gasteiger partial charge in [-0.1, -0.05) is 0 Å². The molecule has 0 aromatic carbocycles. The van der Waals surface area contributed by atoms with Crippen LogP contribution in [0, 0.1) is 6.92 Å². The number of esters is 1. The molecular formula is C11H14N2O4S. The van der Waals surface area contributed by atoms with E-state index in [9.17, 15) is 14.4 Å². The van der Waals surface area contributed by atoms with E-state index in [0.29, 0.717) is 5.56 Å². The summed E-state index contributed by atoms with van der Waals surface area (Å²) in [5, 5.41) is 2.76. The van der Waals surface area contributed by atoms with Crippen LogP contribution in [0.4, 0.5) is 5.00 Å². The van der Waals surface area contributed by atoms with Gasteiger partial charge >= 0.3 is 5.97 Å². The van der Waals surface area contributed by atoms with E-state index >= 15 is 0 Å². The van der Waals surface area contributed by atoms with E-state index < -0.39 is 11.9 Å². The van der Waals surface area contributed by atoms with Crippen molar-refractivity contribution < 1.29 is 19.1 Å². The highest BCUT2D eigenvalue weighted by molar-refractivity contribution is 7.18. The molecule has 0 radical (unpaired) electrons. The van der Waals surface area contributed by atoms with Crippen LogP contribution in [0.5, 0.6) is 0 Å². The summed E-state index contributed by atoms with van der Waals surface area (Å²) in [6.07, 6.45) is 0. The number of rotatable bonds is 4. The molecule has 0 saturated carbocycles. The predicted molar refractivity (Wildman–Crippen MR) is 67.8 cm³/mol. The normalized spacial score (nSPS) is 9.94. The Hall–Kier alpha value is -1.89. The second-order valence-electron chi connectivity index (χ2n) is 3.53. The Morgan fingerprint density at radius 3 is 2.44 bits per heavy atom. The number of nitrogens with two attached hydrogens (primary N) is 1. The number of primary amides is 1. The fraction of sp³-hybridized carbons (Fsp3) is 0.364. The number of anilines is 1. The van der Waals surface area contributed by atoms with Gasteiger partial charge in [0.1, 0.15) is 9.88 Å². The van der Waals surface area contributed by atoms with Crippen LogP contribution in [0.2, 0.25) is 0 Å². The lowest BCUT2D eigenvalue weighted by molar-refractivity contribution is -0.114. The second-order valence-corrected chi connectivity index (χ2v) is 4.55. The monoisotopic (exact) mass is 270 g/mol. The van der Waals surface area contributed by atoms with E-state index in [0.717, 1.165) is 11.3 Å². The molecule has 0 atom stereocenters. The molecular weight excluding hydrogens is 256 g/mol. The average molecular weight is 270 g/mol. The number of hydrogen-bond acceptors (Lipinski definition) is 5. The van der Waals surface area contributed by atoms with Crippen molar-refractivity contribution in [3.05, 3.63) is 16.0 Å². The Kier molecular flexibility index (Phi) is 4.43. The Balaban J connectivity index is 3.27. The van der Waals surface area contributed by atoms with Crippen molar-refractivity contribution in [2.24, 2.45) is 5.73 Å². The minimum absolute atomic E-state index is 0.151. The maximum atomic E-state index is 11.7. The maximum Gasteiger partial charge on any atom is 0.348 e. The molecule has 1 aromatic rings. The largest absolute Gasteiger partial charge is 0.462 e. The highest BCUT2D eigenvalue weighted by Gasteiger charge is 2.24. The number of carbonyl (C=O) groups is 3. The van der Waals surface area contributed by atoms with E-state index in [4.69, 9.17) is 10.5 Å². The third kappa shape index (κ3) is 2.86. The molecule has 0 bridgehead atoms. The van der Waals surface area contributed by atoms with Crippen LogP contribution in [-0.2, 0) is 9.53 Å². The van der Waals surface area contributed by atoms with Crippen LogP contribution in [0.1, 0.15) is 39.4 Å². The third-order valence-electron chi connectivity index (χ3n) is 2.14. The fourth-order valence-electron chi connectivity index (χ4n) is 1.45. The van der Waals surface area contributed by atoms with Gasteiger partial charge in [-0.05, 0) is 19.4 Å². The van der Waals surface area contributed by atoms with E-state index in [1.807, 2.05) is 0 Å². The van der Waals surface area contributed by atoms with Gasteiger partial charge in [0, 0.05) is 6.92 Å². The summed E-state index contributed by atoms with van der Waals surface area (Å²) < 4.78 is 4.87. The van der Waals surface area contributed by atoms with Gasteiger partial charge in [0.25, 0.3) is 5.91 Å². The van der Waals surface area contributed by atoms with E-state index in [2.05, 4.69) is 5.32 Å². The molecule has 6 nitrogen and oxygen atoms in total. The van der Waals surface area contributed by atoms with Crippen LogP contribution in [0.3, 0.4) is 0 Å². The minimum Gasteiger partial charge on any atom is -0.462 e. The van der Waals surface area contributed by atoms with Crippen molar-refractivity contribution in [1.29, 1.82) is 0 Å². The van der Waals surface area contributed by atoms with Gasteiger partial charge in [0.15, 0.2) is 0 Å². The Bertz CT molecular complexity index is 507. The van der Waals surface area contributed by atoms with Gasteiger partial charge in [0.05, 0.1) is 12.2 Å². The lowest BCUT2D eigenvalue weighted by Crippen LogP contribution is -2.16. The van der Waals surface area contributed by atoms with Crippen LogP contribution in [0.25, 0.3) is 0 Å². The van der Waals surface area contributed by atoms with Crippen LogP contribution in [-0.4, -0.2) is 24.4 Å². The lowest BCUT2D eigenvalue weighted by atomic mass is 10.1. The summed E-state index contributed by atoms with van der Waals surface area (Å²) in [7, 11) is 0. The molecule has 0 aliphatic carbocycles. The minimum atomic E-state index is -0.692. The molecule has 1 heterocycles. The molecule has 0 unspecified atom stereocenters. The molecule has 3 N–H and O–H groups in total. The fourth-order valence-corrected chi connectivity index (χ4v) is 2.60. The van der Waals surface area contributed by atoms with Crippen LogP contribution < -0.4 is 11.1 Å². The number of ether oxygens (including phenoxy) is 1. The highest BCUT2D eigenvalue weighted by atomic mass is 32.1. The first kappa shape index (κ1) is 14.2. The molecule has 2 amide bonds. The van der Waals surface area contributed by atoms with Crippen molar-refractivity contribution in [3.63, 3.8) is 0 Å². The van der Waals surface area contributed by atoms with E-state index in [-0.39, 0.29) is 28.0 Å². The summed E-state index contributed by atoms with van der Waals surface area (Å²) in [5.74, 6) is -1.56. The Morgan fingerprint density at radius 1 is 1.39 bits per heavy atom. The molecule has 0 aliphatic rings. The smallest absolute Gasteiger partial charge is 0.348 e. The van der Waals surface area contributed by atoms with Crippen LogP contribution >= 0.6 is 11.3 Å². The molecule has 98 valence electrons. The maximum absolute atomic E-state index is 11.7. The zero-order valence-corrected chi connectivity index (χ0v) is 11.1. The number of hydrogen-bond donors (Lipinski definition) is 2. The molecule has 0 fully saturated rings. The van der Waals surface area contributed by atoms with Gasteiger partial charge in [-0.25, -0.2) is 4.79 Å². The quantitative estimate of drug-likeness (QED) is 0.805. The molecule has 7 heteroatoms. The number of nitrogens with one attached hydrogen (secondary N) is 1. The first-order chi connectivity index (χ1) is 8.38. The first-order valence-electron chi connectivity index (χ1n) is 5.26. The molecule has 18 heavy (non-hydrogen) atoms. The van der Waals surface area contributed by atoms with Crippen molar-refractivity contribution in [2.75, 3.05) is 11.9 Å². The summed E-state index contributed by atoms with van der Waals surface area (Å²) in [6.45, 7) is 4.82. The Labute approximate surface area is 108 Å². The first-order valence-corrected chi connectivity index (χ1v) is 6.08. The average Bonchev–Trinajstić information content (AvgIpc) is 2.54. The number of carbonyl (C=O) groups excluding carboxylic acids is 3. The molecule has 1 aromatic heterocycles. The van der Waals surface area contributed by atoms with Gasteiger partial charge in [-0.15, -0.1) is 11.3 Å². The summed E-state index contributed by atoms with van der Waals surface area (Å²) >= 11 is 0.984. The predicted octanol–water partition coefficient (Wildman–Crippen LogP) is 1.29. The SMILES string of the molecule is CCOC(=O)c1sc(NC(C)=O)c(C(N)=O)c1C. The zero-order chi connectivity index (χ0) is 13.9. The number of thiophene rings is 1. The standard InChI is InChI=1S/C11H14N2O4S/c1-4-17-11(16)8-5(2)7(9(12)15)10(18-8)13-6(3)14/h4H2,1-3H3,(H2,12,15)(H,13,14). The topological polar surface area (TPSA) is 98.5 Å².